The first-order valence-electron chi connectivity index (χ1n) is 7.99. The van der Waals surface area contributed by atoms with Crippen molar-refractivity contribution >= 4 is 22.4 Å². The molecule has 0 spiro atoms. The van der Waals surface area contributed by atoms with E-state index in [1.54, 1.807) is 0 Å². The van der Waals surface area contributed by atoms with Gasteiger partial charge in [-0.25, -0.2) is 0 Å². The molecule has 0 saturated heterocycles. The van der Waals surface area contributed by atoms with E-state index in [0.29, 0.717) is 17.6 Å². The van der Waals surface area contributed by atoms with E-state index >= 15 is 0 Å². The Morgan fingerprint density at radius 1 is 0.720 bits per heavy atom. The van der Waals surface area contributed by atoms with Gasteiger partial charge in [-0.15, -0.1) is 10.2 Å². The van der Waals surface area contributed by atoms with Crippen LogP contribution in [0.1, 0.15) is 5.56 Å². The third-order valence-corrected chi connectivity index (χ3v) is 4.31. The van der Waals surface area contributed by atoms with Gasteiger partial charge in [-0.05, 0) is 28.8 Å². The summed E-state index contributed by atoms with van der Waals surface area (Å²) >= 11 is 6.28. The molecule has 25 heavy (non-hydrogen) atoms. The molecule has 0 aliphatic rings. The van der Waals surface area contributed by atoms with Crippen molar-refractivity contribution in [3.05, 3.63) is 89.6 Å². The zero-order valence-corrected chi connectivity index (χ0v) is 14.1. The molecule has 0 amide bonds. The van der Waals surface area contributed by atoms with Crippen LogP contribution in [0.5, 0.6) is 5.88 Å². The van der Waals surface area contributed by atoms with Crippen molar-refractivity contribution in [2.75, 3.05) is 0 Å². The molecule has 0 radical (unpaired) electrons. The summed E-state index contributed by atoms with van der Waals surface area (Å²) in [5.74, 6) is 0.489. The summed E-state index contributed by atoms with van der Waals surface area (Å²) in [7, 11) is 0. The number of benzene rings is 3. The maximum Gasteiger partial charge on any atom is 0.241 e. The normalized spacial score (nSPS) is 10.8. The van der Waals surface area contributed by atoms with Crippen molar-refractivity contribution < 1.29 is 4.74 Å². The van der Waals surface area contributed by atoms with Crippen LogP contribution in [-0.4, -0.2) is 10.2 Å². The number of fused-ring (bicyclic) bond motifs is 1. The van der Waals surface area contributed by atoms with E-state index in [1.165, 1.54) is 0 Å². The van der Waals surface area contributed by atoms with Crippen molar-refractivity contribution in [3.63, 3.8) is 0 Å². The number of hydrogen-bond acceptors (Lipinski definition) is 3. The number of hydrogen-bond donors (Lipinski definition) is 0. The Hall–Kier alpha value is -2.91. The highest BCUT2D eigenvalue weighted by atomic mass is 35.5. The topological polar surface area (TPSA) is 35.0 Å². The molecular weight excluding hydrogens is 332 g/mol. The van der Waals surface area contributed by atoms with Crippen LogP contribution in [-0.2, 0) is 6.61 Å². The summed E-state index contributed by atoms with van der Waals surface area (Å²) in [4.78, 5) is 0. The summed E-state index contributed by atoms with van der Waals surface area (Å²) in [5.41, 5.74) is 3.29. The second kappa shape index (κ2) is 6.91. The van der Waals surface area contributed by atoms with E-state index in [2.05, 4.69) is 22.3 Å². The fourth-order valence-electron chi connectivity index (χ4n) is 2.74. The summed E-state index contributed by atoms with van der Waals surface area (Å²) in [6, 6.07) is 26.2. The molecular formula is C21H15ClN2O. The SMILES string of the molecule is Clc1nnc(OCc2ccccc2)c2ccc(-c3ccccc3)cc12. The Bertz CT molecular complexity index is 1000. The first-order valence-corrected chi connectivity index (χ1v) is 8.37. The molecule has 4 aromatic rings. The van der Waals surface area contributed by atoms with E-state index in [-0.39, 0.29) is 0 Å². The van der Waals surface area contributed by atoms with Crippen LogP contribution < -0.4 is 4.74 Å². The number of ether oxygens (including phenoxy) is 1. The van der Waals surface area contributed by atoms with Crippen LogP contribution in [0, 0.1) is 0 Å². The summed E-state index contributed by atoms with van der Waals surface area (Å²) in [6.07, 6.45) is 0. The molecule has 0 bridgehead atoms. The molecule has 122 valence electrons. The predicted molar refractivity (Wildman–Crippen MR) is 101 cm³/mol. The molecule has 1 aromatic heterocycles. The van der Waals surface area contributed by atoms with Crippen LogP contribution in [0.3, 0.4) is 0 Å². The lowest BCUT2D eigenvalue weighted by Crippen LogP contribution is -1.99. The van der Waals surface area contributed by atoms with E-state index in [9.17, 15) is 0 Å². The van der Waals surface area contributed by atoms with E-state index in [4.69, 9.17) is 16.3 Å². The van der Waals surface area contributed by atoms with Gasteiger partial charge in [0.15, 0.2) is 5.15 Å². The first-order chi connectivity index (χ1) is 12.3. The zero-order valence-electron chi connectivity index (χ0n) is 13.4. The van der Waals surface area contributed by atoms with Gasteiger partial charge in [-0.3, -0.25) is 0 Å². The Morgan fingerprint density at radius 2 is 1.44 bits per heavy atom. The predicted octanol–water partition coefficient (Wildman–Crippen LogP) is 5.53. The van der Waals surface area contributed by atoms with Crippen molar-refractivity contribution in [2.45, 2.75) is 6.61 Å². The lowest BCUT2D eigenvalue weighted by Gasteiger charge is -2.10. The molecule has 3 nitrogen and oxygen atoms in total. The van der Waals surface area contributed by atoms with Crippen molar-refractivity contribution in [1.29, 1.82) is 0 Å². The van der Waals surface area contributed by atoms with Gasteiger partial charge in [0.25, 0.3) is 0 Å². The molecule has 0 unspecified atom stereocenters. The minimum Gasteiger partial charge on any atom is -0.471 e. The van der Waals surface area contributed by atoms with Crippen molar-refractivity contribution in [1.82, 2.24) is 10.2 Å². The number of aromatic nitrogens is 2. The molecule has 4 rings (SSSR count). The molecule has 1 heterocycles. The zero-order chi connectivity index (χ0) is 17.1. The number of rotatable bonds is 4. The Kier molecular flexibility index (Phi) is 4.32. The summed E-state index contributed by atoms with van der Waals surface area (Å²) < 4.78 is 5.87. The van der Waals surface area contributed by atoms with Gasteiger partial charge in [-0.2, -0.15) is 0 Å². The van der Waals surface area contributed by atoms with Crippen molar-refractivity contribution in [3.8, 4) is 17.0 Å². The standard InChI is InChI=1S/C21H15ClN2O/c22-20-19-13-17(16-9-5-2-6-10-16)11-12-18(19)21(24-23-20)25-14-15-7-3-1-4-8-15/h1-13H,14H2. The van der Waals surface area contributed by atoms with Gasteiger partial charge in [0.05, 0.1) is 0 Å². The quantitative estimate of drug-likeness (QED) is 0.487. The lowest BCUT2D eigenvalue weighted by atomic mass is 10.0. The Morgan fingerprint density at radius 3 is 2.20 bits per heavy atom. The smallest absolute Gasteiger partial charge is 0.241 e. The van der Waals surface area contributed by atoms with Crippen LogP contribution in [0.2, 0.25) is 5.15 Å². The monoisotopic (exact) mass is 346 g/mol. The van der Waals surface area contributed by atoms with Crippen molar-refractivity contribution in [2.24, 2.45) is 0 Å². The fraction of sp³-hybridized carbons (Fsp3) is 0.0476. The molecule has 0 aliphatic heterocycles. The maximum atomic E-state index is 6.28. The summed E-state index contributed by atoms with van der Waals surface area (Å²) in [6.45, 7) is 0.437. The molecule has 0 aliphatic carbocycles. The number of nitrogens with zero attached hydrogens (tertiary/aromatic N) is 2. The first kappa shape index (κ1) is 15.6. The van der Waals surface area contributed by atoms with Gasteiger partial charge in [0, 0.05) is 10.8 Å². The number of halogens is 1. The highest BCUT2D eigenvalue weighted by Crippen LogP contribution is 2.32. The van der Waals surface area contributed by atoms with E-state index in [0.717, 1.165) is 27.5 Å². The minimum atomic E-state index is 0.375. The van der Waals surface area contributed by atoms with Crippen LogP contribution in [0.4, 0.5) is 0 Å². The summed E-state index contributed by atoms with van der Waals surface area (Å²) in [5, 5.41) is 10.2. The largest absolute Gasteiger partial charge is 0.471 e. The average molecular weight is 347 g/mol. The van der Waals surface area contributed by atoms with Crippen LogP contribution in [0.15, 0.2) is 78.9 Å². The van der Waals surface area contributed by atoms with Crippen LogP contribution in [0.25, 0.3) is 21.9 Å². The van der Waals surface area contributed by atoms with E-state index < -0.39 is 0 Å². The lowest BCUT2D eigenvalue weighted by molar-refractivity contribution is 0.294. The molecule has 4 heteroatoms. The van der Waals surface area contributed by atoms with Gasteiger partial charge >= 0.3 is 0 Å². The Labute approximate surface area is 150 Å². The molecule has 0 saturated carbocycles. The molecule has 3 aromatic carbocycles. The third-order valence-electron chi connectivity index (χ3n) is 4.03. The molecule has 0 fully saturated rings. The van der Waals surface area contributed by atoms with Gasteiger partial charge in [0.1, 0.15) is 6.61 Å². The second-order valence-corrected chi connectivity index (χ2v) is 6.05. The average Bonchev–Trinajstić information content (AvgIpc) is 2.69. The Balaban J connectivity index is 1.70. The highest BCUT2D eigenvalue weighted by molar-refractivity contribution is 6.34. The minimum absolute atomic E-state index is 0.375. The molecule has 0 atom stereocenters. The van der Waals surface area contributed by atoms with Gasteiger partial charge < -0.3 is 4.74 Å². The van der Waals surface area contributed by atoms with E-state index in [1.807, 2.05) is 66.7 Å². The fourth-order valence-corrected chi connectivity index (χ4v) is 2.94. The maximum absolute atomic E-state index is 6.28. The highest BCUT2D eigenvalue weighted by Gasteiger charge is 2.11. The van der Waals surface area contributed by atoms with Gasteiger partial charge in [0.2, 0.25) is 5.88 Å². The van der Waals surface area contributed by atoms with Crippen LogP contribution >= 0.6 is 11.6 Å². The molecule has 0 N–H and O–H groups in total. The van der Waals surface area contributed by atoms with Gasteiger partial charge in [-0.1, -0.05) is 78.3 Å². The second-order valence-electron chi connectivity index (χ2n) is 5.70. The third kappa shape index (κ3) is 3.32.